The van der Waals surface area contributed by atoms with Gasteiger partial charge in [0.1, 0.15) is 0 Å². The third kappa shape index (κ3) is 5.88. The van der Waals surface area contributed by atoms with Crippen molar-refractivity contribution in [3.8, 4) is 67.5 Å². The van der Waals surface area contributed by atoms with E-state index in [1.165, 1.54) is 0 Å². The maximum atomic E-state index is 8.87. The second kappa shape index (κ2) is 13.4. The van der Waals surface area contributed by atoms with E-state index in [0.29, 0.717) is 23.0 Å². The minimum absolute atomic E-state index is 0.0627. The van der Waals surface area contributed by atoms with E-state index in [1.807, 2.05) is 103 Å². The van der Waals surface area contributed by atoms with Crippen LogP contribution in [-0.4, -0.2) is 15.0 Å². The van der Waals surface area contributed by atoms with Gasteiger partial charge in [0, 0.05) is 16.7 Å². The van der Waals surface area contributed by atoms with Crippen molar-refractivity contribution in [2.45, 2.75) is 0 Å². The fourth-order valence-electron chi connectivity index (χ4n) is 7.09. The highest BCUT2D eigenvalue weighted by molar-refractivity contribution is 6.02. The first-order valence-electron chi connectivity index (χ1n) is 21.2. The van der Waals surface area contributed by atoms with Crippen molar-refractivity contribution in [3.63, 3.8) is 0 Å². The van der Waals surface area contributed by atoms with Crippen LogP contribution in [0.25, 0.3) is 99.9 Å². The quantitative estimate of drug-likeness (QED) is 0.174. The Balaban J connectivity index is 1.07. The summed E-state index contributed by atoms with van der Waals surface area (Å²) in [5.74, 6) is 1.64. The maximum Gasteiger partial charge on any atom is 0.164 e. The van der Waals surface area contributed by atoms with E-state index in [2.05, 4.69) is 54.6 Å². The van der Waals surface area contributed by atoms with Gasteiger partial charge in [-0.3, -0.25) is 0 Å². The summed E-state index contributed by atoms with van der Waals surface area (Å²) in [6.07, 6.45) is 0. The average Bonchev–Trinajstić information content (AvgIpc) is 3.31. The number of benzene rings is 9. The molecule has 0 N–H and O–H groups in total. The summed E-state index contributed by atoms with van der Waals surface area (Å²) in [6, 6.07) is 49.8. The topological polar surface area (TPSA) is 38.7 Å². The molecule has 0 bridgehead atoms. The molecule has 0 fully saturated rings. The molecule has 0 saturated heterocycles. The molecular formula is C51H33N3. The fraction of sp³-hybridized carbons (Fsp3) is 0. The van der Waals surface area contributed by atoms with Gasteiger partial charge in [-0.15, -0.1) is 0 Å². The molecule has 252 valence electrons. The molecule has 0 saturated carbocycles. The Morgan fingerprint density at radius 3 is 1.65 bits per heavy atom. The lowest BCUT2D eigenvalue weighted by molar-refractivity contribution is 1.07. The predicted octanol–water partition coefficient (Wildman–Crippen LogP) is 13.3. The first-order chi connectivity index (χ1) is 29.6. The number of aromatic nitrogens is 3. The Morgan fingerprint density at radius 2 is 0.852 bits per heavy atom. The zero-order valence-corrected chi connectivity index (χ0v) is 28.9. The molecule has 0 spiro atoms. The van der Waals surface area contributed by atoms with Crippen molar-refractivity contribution in [2.75, 3.05) is 0 Å². The Labute approximate surface area is 323 Å². The summed E-state index contributed by atoms with van der Waals surface area (Å²) in [6.45, 7) is 0. The molecule has 54 heavy (non-hydrogen) atoms. The lowest BCUT2D eigenvalue weighted by atomic mass is 9.93. The monoisotopic (exact) mass is 694 g/mol. The maximum absolute atomic E-state index is 8.87. The molecule has 3 nitrogen and oxygen atoms in total. The normalized spacial score (nSPS) is 13.1. The van der Waals surface area contributed by atoms with E-state index >= 15 is 0 Å². The molecule has 9 aromatic carbocycles. The van der Waals surface area contributed by atoms with Crippen LogP contribution in [0.15, 0.2) is 200 Å². The number of fused-ring (bicyclic) bond motifs is 3. The zero-order valence-electron chi connectivity index (χ0n) is 35.9. The number of nitrogens with zero attached hydrogens (tertiary/aromatic N) is 3. The summed E-state index contributed by atoms with van der Waals surface area (Å²) in [4.78, 5) is 15.0. The van der Waals surface area contributed by atoms with Crippen LogP contribution in [0.3, 0.4) is 0 Å². The SMILES string of the molecule is [2H]c1c([2H])c([2H])c2c(-c3ccc4c(-c5cccc(-c6nc(-c7ccccc7)nc(-c7ccc8cc(-c9ccccc9)ccc8c7)n6)c5)cccc4c3)c([2H])c([2H])c([2H])c2c1[2H]. The number of hydrogen-bond acceptors (Lipinski definition) is 3. The van der Waals surface area contributed by atoms with Crippen molar-refractivity contribution < 1.29 is 9.60 Å². The molecule has 0 aliphatic rings. The van der Waals surface area contributed by atoms with Gasteiger partial charge in [-0.1, -0.05) is 176 Å². The van der Waals surface area contributed by atoms with Crippen molar-refractivity contribution in [3.05, 3.63) is 200 Å². The molecule has 1 aromatic heterocycles. The fourth-order valence-corrected chi connectivity index (χ4v) is 7.09. The molecule has 10 rings (SSSR count). The number of rotatable bonds is 6. The largest absolute Gasteiger partial charge is 0.208 e. The third-order valence-corrected chi connectivity index (χ3v) is 9.79. The second-order valence-electron chi connectivity index (χ2n) is 13.1. The van der Waals surface area contributed by atoms with Gasteiger partial charge in [-0.25, -0.2) is 15.0 Å². The standard InChI is InChI=1S/C51H33N3/c1-3-12-34(13-4-1)37-24-25-39-31-44(27-26-38(39)30-37)51-53-49(36-15-5-2-6-16-36)52-50(54-51)43-20-9-18-41(33-43)46-23-11-19-40-32-42(28-29-48(40)46)47-22-10-17-35-14-7-8-21-45(35)47/h1-33H/i7D,8D,10D,14D,17D,21D,22D. The molecule has 0 aliphatic heterocycles. The second-order valence-corrected chi connectivity index (χ2v) is 13.1. The lowest BCUT2D eigenvalue weighted by Crippen LogP contribution is -2.00. The van der Waals surface area contributed by atoms with Crippen molar-refractivity contribution in [2.24, 2.45) is 0 Å². The Kier molecular flexibility index (Phi) is 6.17. The van der Waals surface area contributed by atoms with Crippen LogP contribution in [-0.2, 0) is 0 Å². The summed E-state index contributed by atoms with van der Waals surface area (Å²) in [5, 5.41) is 3.93. The predicted molar refractivity (Wildman–Crippen MR) is 225 cm³/mol. The minimum atomic E-state index is -0.476. The Bertz CT molecular complexity index is 3390. The molecule has 3 heteroatoms. The summed E-state index contributed by atoms with van der Waals surface area (Å²) in [7, 11) is 0. The van der Waals surface area contributed by atoms with E-state index in [4.69, 9.17) is 24.5 Å². The van der Waals surface area contributed by atoms with Crippen molar-refractivity contribution in [1.29, 1.82) is 0 Å². The smallest absolute Gasteiger partial charge is 0.164 e. The average molecular weight is 695 g/mol. The van der Waals surface area contributed by atoms with E-state index in [-0.39, 0.29) is 28.4 Å². The Hall–Kier alpha value is -7.23. The van der Waals surface area contributed by atoms with Crippen LogP contribution in [0, 0.1) is 0 Å². The highest BCUT2D eigenvalue weighted by Gasteiger charge is 2.15. The highest BCUT2D eigenvalue weighted by Crippen LogP contribution is 2.36. The lowest BCUT2D eigenvalue weighted by Gasteiger charge is -2.12. The molecule has 10 aromatic rings. The summed E-state index contributed by atoms with van der Waals surface area (Å²) in [5.41, 5.74) is 7.43. The van der Waals surface area contributed by atoms with Crippen molar-refractivity contribution in [1.82, 2.24) is 15.0 Å². The van der Waals surface area contributed by atoms with Crippen LogP contribution in [0.1, 0.15) is 9.60 Å². The first kappa shape index (κ1) is 24.9. The van der Waals surface area contributed by atoms with Gasteiger partial charge in [0.15, 0.2) is 17.5 Å². The van der Waals surface area contributed by atoms with E-state index in [1.54, 1.807) is 0 Å². The molecule has 0 amide bonds. The number of hydrogen-bond donors (Lipinski definition) is 0. The first-order valence-corrected chi connectivity index (χ1v) is 17.7. The van der Waals surface area contributed by atoms with E-state index in [0.717, 1.165) is 60.5 Å². The van der Waals surface area contributed by atoms with Gasteiger partial charge in [0.05, 0.1) is 9.60 Å². The van der Waals surface area contributed by atoms with E-state index in [9.17, 15) is 0 Å². The van der Waals surface area contributed by atoms with Crippen LogP contribution < -0.4 is 0 Å². The molecule has 0 unspecified atom stereocenters. The third-order valence-electron chi connectivity index (χ3n) is 9.79. The highest BCUT2D eigenvalue weighted by atomic mass is 15.0. The molecule has 0 radical (unpaired) electrons. The van der Waals surface area contributed by atoms with E-state index < -0.39 is 30.2 Å². The van der Waals surface area contributed by atoms with Crippen LogP contribution in [0.4, 0.5) is 0 Å². The van der Waals surface area contributed by atoms with Crippen molar-refractivity contribution >= 4 is 32.3 Å². The van der Waals surface area contributed by atoms with Gasteiger partial charge in [-0.05, 0) is 90.0 Å². The summed E-state index contributed by atoms with van der Waals surface area (Å²) >= 11 is 0. The van der Waals surface area contributed by atoms with Gasteiger partial charge >= 0.3 is 0 Å². The van der Waals surface area contributed by atoms with Crippen LogP contribution in [0.2, 0.25) is 0 Å². The van der Waals surface area contributed by atoms with Gasteiger partial charge in [0.2, 0.25) is 0 Å². The van der Waals surface area contributed by atoms with Gasteiger partial charge in [-0.2, -0.15) is 0 Å². The summed E-state index contributed by atoms with van der Waals surface area (Å²) < 4.78 is 59.8. The molecular weight excluding hydrogens is 655 g/mol. The molecule has 0 aliphatic carbocycles. The molecule has 1 heterocycles. The minimum Gasteiger partial charge on any atom is -0.208 e. The molecule has 0 atom stereocenters. The zero-order chi connectivity index (χ0) is 41.9. The van der Waals surface area contributed by atoms with Gasteiger partial charge in [0.25, 0.3) is 0 Å². The van der Waals surface area contributed by atoms with Gasteiger partial charge < -0.3 is 0 Å². The van der Waals surface area contributed by atoms with Crippen LogP contribution in [0.5, 0.6) is 0 Å². The van der Waals surface area contributed by atoms with Crippen LogP contribution >= 0.6 is 0 Å². The Morgan fingerprint density at radius 1 is 0.296 bits per heavy atom.